The van der Waals surface area contributed by atoms with Gasteiger partial charge in [0.25, 0.3) is 0 Å². The van der Waals surface area contributed by atoms with Gasteiger partial charge in [0.1, 0.15) is 0 Å². The van der Waals surface area contributed by atoms with E-state index >= 15 is 0 Å². The van der Waals surface area contributed by atoms with Crippen molar-refractivity contribution in [3.8, 4) is 44.5 Å². The fraction of sp³-hybridized carbons (Fsp3) is 0.182. The molecule has 0 N–H and O–H groups in total. The minimum Gasteiger partial charge on any atom is -0.0616 e. The number of benzene rings is 11. The van der Waals surface area contributed by atoms with E-state index in [2.05, 4.69) is 213 Å². The van der Waals surface area contributed by atoms with E-state index in [9.17, 15) is 0 Å². The van der Waals surface area contributed by atoms with Gasteiger partial charge in [-0.2, -0.15) is 0 Å². The molecule has 0 radical (unpaired) electrons. The Labute approximate surface area is 386 Å². The van der Waals surface area contributed by atoms with E-state index in [1.165, 1.54) is 154 Å². The van der Waals surface area contributed by atoms with Gasteiger partial charge in [0, 0.05) is 21.7 Å². The second kappa shape index (κ2) is 11.7. The number of hydrogen-bond donors (Lipinski definition) is 0. The molecule has 0 unspecified atom stereocenters. The van der Waals surface area contributed by atoms with Crippen LogP contribution in [0.25, 0.3) is 109 Å². The molecular weight excluding hydrogens is 793 g/mol. The summed E-state index contributed by atoms with van der Waals surface area (Å²) in [5.74, 6) is 0. The van der Waals surface area contributed by atoms with Gasteiger partial charge in [-0.25, -0.2) is 0 Å². The summed E-state index contributed by atoms with van der Waals surface area (Å²) in [6.45, 7) is 19.6. The van der Waals surface area contributed by atoms with Crippen LogP contribution < -0.4 is 0 Å². The van der Waals surface area contributed by atoms with Crippen LogP contribution in [0, 0.1) is 0 Å². The van der Waals surface area contributed by atoms with Gasteiger partial charge in [-0.3, -0.25) is 0 Å². The fourth-order valence-electron chi connectivity index (χ4n) is 14.5. The van der Waals surface area contributed by atoms with Gasteiger partial charge < -0.3 is 0 Å². The lowest BCUT2D eigenvalue weighted by Crippen LogP contribution is -2.30. The second-order valence-corrected chi connectivity index (χ2v) is 22.3. The topological polar surface area (TPSA) is 0 Å². The lowest BCUT2D eigenvalue weighted by Gasteiger charge is -2.43. The van der Waals surface area contributed by atoms with E-state index in [1.54, 1.807) is 0 Å². The Kier molecular flexibility index (Phi) is 6.59. The van der Waals surface area contributed by atoms with Crippen LogP contribution in [0.4, 0.5) is 0 Å². The van der Waals surface area contributed by atoms with Gasteiger partial charge in [0.15, 0.2) is 0 Å². The number of rotatable bonds is 2. The molecule has 0 fully saturated rings. The Morgan fingerprint density at radius 3 is 0.879 bits per heavy atom. The van der Waals surface area contributed by atoms with Crippen molar-refractivity contribution >= 4 is 64.6 Å². The molecule has 0 atom stereocenters. The summed E-state index contributed by atoms with van der Waals surface area (Å²) in [7, 11) is 0. The van der Waals surface area contributed by atoms with Crippen LogP contribution in [0.3, 0.4) is 0 Å². The van der Waals surface area contributed by atoms with Crippen molar-refractivity contribution in [3.63, 3.8) is 0 Å². The van der Waals surface area contributed by atoms with Crippen molar-refractivity contribution in [2.45, 2.75) is 77.0 Å². The maximum atomic E-state index is 2.58. The molecule has 0 saturated heterocycles. The standard InChI is InChI=1S/C66H50/c1-63(2)45-21-13-15-35-23-27-49-59(55(35)45)61-47(63)29-25-37-31-39(33-51(57(37)61)65(49,5)6)53-41-17-9-11-19-43(41)54(44-20-12-10-18-42(44)53)40-32-38-26-30-48-62-58(38)52(34-40)66(7,8)50-28-24-36-16-14-22-46(64(48,3)4)56(36)60(50)62/h9-34H,1-8H3. The molecule has 0 bridgehead atoms. The van der Waals surface area contributed by atoms with E-state index in [0.29, 0.717) is 0 Å². The van der Waals surface area contributed by atoms with Crippen LogP contribution in [0.5, 0.6) is 0 Å². The van der Waals surface area contributed by atoms with E-state index < -0.39 is 0 Å². The third kappa shape index (κ3) is 4.17. The minimum atomic E-state index is -0.205. The first-order valence-corrected chi connectivity index (χ1v) is 24.1. The third-order valence-electron chi connectivity index (χ3n) is 17.7. The summed E-state index contributed by atoms with van der Waals surface area (Å²) < 4.78 is 0. The van der Waals surface area contributed by atoms with Crippen LogP contribution in [0.2, 0.25) is 0 Å². The highest BCUT2D eigenvalue weighted by atomic mass is 14.5. The molecular formula is C66H50. The summed E-state index contributed by atoms with van der Waals surface area (Å²) in [5, 5.41) is 16.3. The molecule has 66 heavy (non-hydrogen) atoms. The van der Waals surface area contributed by atoms with E-state index in [0.717, 1.165) is 0 Å². The molecule has 0 aliphatic heterocycles. The van der Waals surface area contributed by atoms with Crippen LogP contribution in [0.1, 0.15) is 99.9 Å². The normalized spacial score (nSPS) is 17.0. The minimum absolute atomic E-state index is 0.109. The van der Waals surface area contributed by atoms with E-state index in [4.69, 9.17) is 0 Å². The predicted molar refractivity (Wildman–Crippen MR) is 282 cm³/mol. The molecule has 0 amide bonds. The van der Waals surface area contributed by atoms with Crippen molar-refractivity contribution in [1.82, 2.24) is 0 Å². The van der Waals surface area contributed by atoms with Crippen LogP contribution in [0.15, 0.2) is 158 Å². The van der Waals surface area contributed by atoms with Crippen LogP contribution in [-0.4, -0.2) is 0 Å². The van der Waals surface area contributed by atoms with Gasteiger partial charge >= 0.3 is 0 Å². The monoisotopic (exact) mass is 842 g/mol. The van der Waals surface area contributed by atoms with Gasteiger partial charge in [-0.05, 0) is 178 Å². The molecule has 4 aliphatic carbocycles. The van der Waals surface area contributed by atoms with E-state index in [1.807, 2.05) is 0 Å². The fourth-order valence-corrected chi connectivity index (χ4v) is 14.5. The molecule has 314 valence electrons. The molecule has 0 spiro atoms. The molecule has 0 nitrogen and oxygen atoms in total. The smallest absolute Gasteiger partial charge is 0.0159 e. The Hall–Kier alpha value is -7.02. The first-order valence-electron chi connectivity index (χ1n) is 24.1. The maximum absolute atomic E-state index is 2.58. The van der Waals surface area contributed by atoms with Gasteiger partial charge in [0.05, 0.1) is 0 Å². The number of fused-ring (bicyclic) bond motifs is 2. The second-order valence-electron chi connectivity index (χ2n) is 22.3. The van der Waals surface area contributed by atoms with Crippen molar-refractivity contribution in [2.75, 3.05) is 0 Å². The zero-order chi connectivity index (χ0) is 44.6. The largest absolute Gasteiger partial charge is 0.0616 e. The molecule has 15 rings (SSSR count). The summed E-state index contributed by atoms with van der Waals surface area (Å²) in [4.78, 5) is 0. The first kappa shape index (κ1) is 37.2. The zero-order valence-electron chi connectivity index (χ0n) is 39.0. The summed E-state index contributed by atoms with van der Waals surface area (Å²) in [6.07, 6.45) is 0. The Morgan fingerprint density at radius 2 is 0.530 bits per heavy atom. The molecule has 0 heterocycles. The highest BCUT2D eigenvalue weighted by molar-refractivity contribution is 6.24. The zero-order valence-corrected chi connectivity index (χ0v) is 39.0. The average Bonchev–Trinajstić information content (AvgIpc) is 3.31. The highest BCUT2D eigenvalue weighted by Crippen LogP contribution is 2.62. The maximum Gasteiger partial charge on any atom is 0.0159 e. The highest BCUT2D eigenvalue weighted by Gasteiger charge is 2.44. The number of hydrogen-bond acceptors (Lipinski definition) is 0. The summed E-state index contributed by atoms with van der Waals surface area (Å²) in [5.41, 5.74) is 21.9. The van der Waals surface area contributed by atoms with E-state index in [-0.39, 0.29) is 21.7 Å². The first-order chi connectivity index (χ1) is 31.8. The van der Waals surface area contributed by atoms with Crippen molar-refractivity contribution in [3.05, 3.63) is 202 Å². The summed E-state index contributed by atoms with van der Waals surface area (Å²) in [6, 6.07) is 61.9. The quantitative estimate of drug-likeness (QED) is 0.152. The van der Waals surface area contributed by atoms with Gasteiger partial charge in [-0.15, -0.1) is 0 Å². The van der Waals surface area contributed by atoms with Gasteiger partial charge in [-0.1, -0.05) is 189 Å². The van der Waals surface area contributed by atoms with Crippen molar-refractivity contribution in [1.29, 1.82) is 0 Å². The SMILES string of the molecule is CC1(C)c2ccc3cc(-c4c5ccccc5c(-c5cc6c7c8c(ccc7c5)C(C)(C)c5cccc7ccc(c-8c57)C6(C)C)c5ccccc45)cc4c3c2-c2c(ccc3cccc1c23)C4(C)C. The Morgan fingerprint density at radius 1 is 0.227 bits per heavy atom. The molecule has 11 aromatic carbocycles. The molecule has 0 saturated carbocycles. The van der Waals surface area contributed by atoms with Crippen LogP contribution in [-0.2, 0) is 21.7 Å². The molecule has 0 heteroatoms. The molecule has 0 aromatic heterocycles. The lowest BCUT2D eigenvalue weighted by molar-refractivity contribution is 0.628. The Balaban J connectivity index is 1.01. The molecule has 11 aromatic rings. The van der Waals surface area contributed by atoms with Gasteiger partial charge in [0.2, 0.25) is 0 Å². The predicted octanol–water partition coefficient (Wildman–Crippen LogP) is 17.8. The Bertz CT molecular complexity index is 3820. The molecule has 4 aliphatic rings. The van der Waals surface area contributed by atoms with Crippen molar-refractivity contribution in [2.24, 2.45) is 0 Å². The summed E-state index contributed by atoms with van der Waals surface area (Å²) >= 11 is 0. The van der Waals surface area contributed by atoms with Crippen LogP contribution >= 0.6 is 0 Å². The lowest BCUT2D eigenvalue weighted by atomic mass is 9.60. The van der Waals surface area contributed by atoms with Crippen molar-refractivity contribution < 1.29 is 0 Å². The average molecular weight is 843 g/mol. The third-order valence-corrected chi connectivity index (χ3v) is 17.7.